The minimum absolute atomic E-state index is 0.131. The average Bonchev–Trinajstić information content (AvgIpc) is 3.43. The van der Waals surface area contributed by atoms with Crippen molar-refractivity contribution < 1.29 is 14.4 Å². The maximum Gasteiger partial charge on any atom is 0.255 e. The quantitative estimate of drug-likeness (QED) is 0.606. The summed E-state index contributed by atoms with van der Waals surface area (Å²) >= 11 is 0. The van der Waals surface area contributed by atoms with E-state index in [-0.39, 0.29) is 24.1 Å². The van der Waals surface area contributed by atoms with Gasteiger partial charge in [0.15, 0.2) is 0 Å². The fourth-order valence-electron chi connectivity index (χ4n) is 4.91. The predicted octanol–water partition coefficient (Wildman–Crippen LogP) is 1.81. The molecular formula is C25H28N4O3. The molecule has 7 heteroatoms. The molecule has 0 spiro atoms. The van der Waals surface area contributed by atoms with Crippen molar-refractivity contribution in [2.75, 3.05) is 13.1 Å². The molecule has 7 nitrogen and oxygen atoms in total. The number of nitrogens with one attached hydrogen (secondary N) is 3. The lowest BCUT2D eigenvalue weighted by Gasteiger charge is -2.29. The molecule has 2 aromatic carbocycles. The molecule has 0 bridgehead atoms. The molecule has 3 N–H and O–H groups in total. The van der Waals surface area contributed by atoms with Crippen molar-refractivity contribution in [2.45, 2.75) is 50.9 Å². The van der Waals surface area contributed by atoms with Crippen molar-refractivity contribution >= 4 is 17.7 Å². The lowest BCUT2D eigenvalue weighted by Crippen LogP contribution is -2.52. The second-order valence-electron chi connectivity index (χ2n) is 8.93. The van der Waals surface area contributed by atoms with Crippen LogP contribution in [0.3, 0.4) is 0 Å². The zero-order valence-electron chi connectivity index (χ0n) is 18.0. The van der Waals surface area contributed by atoms with Gasteiger partial charge in [0.05, 0.1) is 0 Å². The normalized spacial score (nSPS) is 22.9. The maximum atomic E-state index is 12.9. The largest absolute Gasteiger partial charge is 0.322 e. The van der Waals surface area contributed by atoms with E-state index in [9.17, 15) is 14.4 Å². The van der Waals surface area contributed by atoms with Crippen molar-refractivity contribution in [3.63, 3.8) is 0 Å². The molecule has 2 fully saturated rings. The van der Waals surface area contributed by atoms with Crippen LogP contribution in [0.5, 0.6) is 0 Å². The van der Waals surface area contributed by atoms with E-state index in [1.54, 1.807) is 4.90 Å². The third-order valence-electron chi connectivity index (χ3n) is 6.76. The highest BCUT2D eigenvalue weighted by atomic mass is 16.2. The minimum Gasteiger partial charge on any atom is -0.322 e. The van der Waals surface area contributed by atoms with E-state index in [1.807, 2.05) is 18.2 Å². The summed E-state index contributed by atoms with van der Waals surface area (Å²) < 4.78 is 0. The number of imide groups is 1. The van der Waals surface area contributed by atoms with Crippen LogP contribution in [-0.2, 0) is 29.2 Å². The zero-order chi connectivity index (χ0) is 22.1. The molecule has 0 radical (unpaired) electrons. The Labute approximate surface area is 187 Å². The number of hydrogen-bond acceptors (Lipinski definition) is 5. The Morgan fingerprint density at radius 2 is 1.75 bits per heavy atom. The molecule has 3 aliphatic heterocycles. The average molecular weight is 433 g/mol. The highest BCUT2D eigenvalue weighted by Gasteiger charge is 2.39. The van der Waals surface area contributed by atoms with Crippen LogP contribution in [0.15, 0.2) is 42.5 Å². The second kappa shape index (κ2) is 8.84. The molecule has 0 aromatic heterocycles. The summed E-state index contributed by atoms with van der Waals surface area (Å²) in [4.78, 5) is 38.1. The lowest BCUT2D eigenvalue weighted by molar-refractivity contribution is -0.136. The lowest BCUT2D eigenvalue weighted by atomic mass is 9.97. The van der Waals surface area contributed by atoms with Crippen LogP contribution >= 0.6 is 0 Å². The van der Waals surface area contributed by atoms with Crippen LogP contribution in [0.4, 0.5) is 0 Å². The number of fused-ring (bicyclic) bond motifs is 1. The molecule has 3 aliphatic rings. The smallest absolute Gasteiger partial charge is 0.255 e. The van der Waals surface area contributed by atoms with E-state index in [2.05, 4.69) is 40.2 Å². The van der Waals surface area contributed by atoms with Crippen molar-refractivity contribution in [2.24, 2.45) is 0 Å². The van der Waals surface area contributed by atoms with Crippen molar-refractivity contribution in [1.29, 1.82) is 0 Å². The highest BCUT2D eigenvalue weighted by molar-refractivity contribution is 6.05. The van der Waals surface area contributed by atoms with Gasteiger partial charge in [0.1, 0.15) is 6.04 Å². The zero-order valence-corrected chi connectivity index (χ0v) is 18.0. The summed E-state index contributed by atoms with van der Waals surface area (Å²) in [5.41, 5.74) is 5.26. The van der Waals surface area contributed by atoms with Crippen molar-refractivity contribution in [3.8, 4) is 0 Å². The van der Waals surface area contributed by atoms with Gasteiger partial charge in [0, 0.05) is 38.2 Å². The molecule has 0 saturated carbocycles. The summed E-state index contributed by atoms with van der Waals surface area (Å²) in [5.74, 6) is -0.150. The van der Waals surface area contributed by atoms with Gasteiger partial charge in [0.2, 0.25) is 11.8 Å². The summed E-state index contributed by atoms with van der Waals surface area (Å²) in [7, 11) is 0. The molecule has 0 aliphatic carbocycles. The van der Waals surface area contributed by atoms with Gasteiger partial charge < -0.3 is 15.5 Å². The van der Waals surface area contributed by atoms with Crippen LogP contribution in [0.2, 0.25) is 0 Å². The molecular weight excluding hydrogens is 404 g/mol. The highest BCUT2D eigenvalue weighted by Crippen LogP contribution is 2.28. The van der Waals surface area contributed by atoms with Gasteiger partial charge in [-0.1, -0.05) is 36.4 Å². The number of nitrogens with zero attached hydrogens (tertiary/aromatic N) is 1. The number of piperidine rings is 1. The Hall–Kier alpha value is -3.03. The third kappa shape index (κ3) is 4.18. The van der Waals surface area contributed by atoms with Crippen LogP contribution in [0.1, 0.15) is 57.8 Å². The van der Waals surface area contributed by atoms with Crippen LogP contribution in [-0.4, -0.2) is 41.8 Å². The van der Waals surface area contributed by atoms with Crippen molar-refractivity contribution in [3.05, 3.63) is 70.3 Å². The fraction of sp³-hybridized carbons (Fsp3) is 0.400. The monoisotopic (exact) mass is 432 g/mol. The Bertz CT molecular complexity index is 1040. The molecule has 2 atom stereocenters. The van der Waals surface area contributed by atoms with Gasteiger partial charge in [-0.25, -0.2) is 0 Å². The van der Waals surface area contributed by atoms with Gasteiger partial charge in [-0.05, 0) is 53.6 Å². The van der Waals surface area contributed by atoms with E-state index >= 15 is 0 Å². The Morgan fingerprint density at radius 3 is 2.50 bits per heavy atom. The minimum atomic E-state index is -0.572. The second-order valence-corrected chi connectivity index (χ2v) is 8.93. The van der Waals surface area contributed by atoms with Crippen LogP contribution < -0.4 is 16.0 Å². The van der Waals surface area contributed by atoms with Gasteiger partial charge >= 0.3 is 0 Å². The van der Waals surface area contributed by atoms with Crippen LogP contribution in [0.25, 0.3) is 0 Å². The molecule has 5 rings (SSSR count). The van der Waals surface area contributed by atoms with Gasteiger partial charge in [-0.3, -0.25) is 19.7 Å². The summed E-state index contributed by atoms with van der Waals surface area (Å²) in [6.07, 6.45) is 1.86. The number of amides is 3. The van der Waals surface area contributed by atoms with E-state index in [1.165, 1.54) is 17.5 Å². The van der Waals surface area contributed by atoms with Crippen molar-refractivity contribution in [1.82, 2.24) is 20.9 Å². The molecule has 2 saturated heterocycles. The first-order chi connectivity index (χ1) is 15.6. The SMILES string of the molecule is O=C1CCC(N2Cc3ccc(CNCc4ccc(C5CCNC5)cc4)cc3C2=O)C(=O)N1. The molecule has 3 amide bonds. The van der Waals surface area contributed by atoms with Gasteiger partial charge in [0.25, 0.3) is 5.91 Å². The predicted molar refractivity (Wildman–Crippen MR) is 120 cm³/mol. The Kier molecular flexibility index (Phi) is 5.76. The summed E-state index contributed by atoms with van der Waals surface area (Å²) in [6, 6.07) is 14.2. The van der Waals surface area contributed by atoms with E-state index in [0.717, 1.165) is 30.8 Å². The Balaban J connectivity index is 1.18. The number of hydrogen-bond donors (Lipinski definition) is 3. The topological polar surface area (TPSA) is 90.5 Å². The first kappa shape index (κ1) is 20.8. The van der Waals surface area contributed by atoms with E-state index in [4.69, 9.17) is 0 Å². The van der Waals surface area contributed by atoms with E-state index in [0.29, 0.717) is 31.0 Å². The first-order valence-electron chi connectivity index (χ1n) is 11.4. The fourth-order valence-corrected chi connectivity index (χ4v) is 4.91. The third-order valence-corrected chi connectivity index (χ3v) is 6.76. The van der Waals surface area contributed by atoms with Crippen LogP contribution in [0, 0.1) is 0 Å². The summed E-state index contributed by atoms with van der Waals surface area (Å²) in [5, 5.41) is 9.21. The number of rotatable bonds is 6. The number of carbonyl (C=O) groups excluding carboxylic acids is 3. The van der Waals surface area contributed by atoms with Gasteiger partial charge in [-0.15, -0.1) is 0 Å². The molecule has 32 heavy (non-hydrogen) atoms. The number of benzene rings is 2. The molecule has 3 heterocycles. The summed E-state index contributed by atoms with van der Waals surface area (Å²) in [6.45, 7) is 4.00. The van der Waals surface area contributed by atoms with E-state index < -0.39 is 6.04 Å². The first-order valence-corrected chi connectivity index (χ1v) is 11.4. The molecule has 2 unspecified atom stereocenters. The molecule has 2 aromatic rings. The number of carbonyl (C=O) groups is 3. The van der Waals surface area contributed by atoms with Gasteiger partial charge in [-0.2, -0.15) is 0 Å². The standard InChI is InChI=1S/C25H28N4O3/c30-23-8-7-22(24(31)28-23)29-15-20-6-3-17(11-21(20)25(29)32)13-27-12-16-1-4-18(5-2-16)19-9-10-26-14-19/h1-6,11,19,22,26-27H,7-10,12-15H2,(H,28,30,31). The molecule has 166 valence electrons. The maximum absolute atomic E-state index is 12.9. The Morgan fingerprint density at radius 1 is 0.969 bits per heavy atom.